The number of rotatable bonds is 3. The first-order valence-electron chi connectivity index (χ1n) is 8.22. The molecule has 0 fully saturated rings. The molecular weight excluding hydrogens is 462 g/mol. The molecule has 0 aliphatic rings. The lowest BCUT2D eigenvalue weighted by atomic mass is 10.1. The lowest BCUT2D eigenvalue weighted by Crippen LogP contribution is -2.07. The van der Waals surface area contributed by atoms with E-state index in [2.05, 4.69) is 10.1 Å². The maximum absolute atomic E-state index is 14.5. The fourth-order valence-electron chi connectivity index (χ4n) is 2.58. The molecule has 13 heteroatoms. The summed E-state index contributed by atoms with van der Waals surface area (Å²) in [6.45, 7) is 0.999. The van der Waals surface area contributed by atoms with Crippen molar-refractivity contribution >= 4 is 11.6 Å². The summed E-state index contributed by atoms with van der Waals surface area (Å²) in [5.41, 5.74) is -3.83. The Labute approximate surface area is 174 Å². The van der Waals surface area contributed by atoms with Gasteiger partial charge in [-0.25, -0.2) is 18.4 Å². The van der Waals surface area contributed by atoms with Crippen LogP contribution in [-0.2, 0) is 19.4 Å². The Morgan fingerprint density at radius 3 is 2.00 bits per heavy atom. The average Bonchev–Trinajstić information content (AvgIpc) is 2.96. The number of alkyl halides is 6. The summed E-state index contributed by atoms with van der Waals surface area (Å²) < 4.78 is 112. The van der Waals surface area contributed by atoms with Crippen molar-refractivity contribution in [1.29, 1.82) is 0 Å². The van der Waals surface area contributed by atoms with E-state index in [-0.39, 0.29) is 5.56 Å². The monoisotopic (exact) mass is 471 g/mol. The van der Waals surface area contributed by atoms with E-state index in [4.69, 9.17) is 16.3 Å². The third kappa shape index (κ3) is 4.29. The zero-order chi connectivity index (χ0) is 23.3. The second kappa shape index (κ2) is 7.66. The Hall–Kier alpha value is -2.89. The molecule has 4 nitrogen and oxygen atoms in total. The van der Waals surface area contributed by atoms with Crippen LogP contribution in [0.25, 0.3) is 11.3 Å². The van der Waals surface area contributed by atoms with Crippen LogP contribution in [-0.4, -0.2) is 14.8 Å². The molecule has 0 spiro atoms. The van der Waals surface area contributed by atoms with Gasteiger partial charge in [0.15, 0.2) is 17.3 Å². The quantitative estimate of drug-likeness (QED) is 0.407. The summed E-state index contributed by atoms with van der Waals surface area (Å²) in [6.07, 6.45) is -9.56. The Kier molecular flexibility index (Phi) is 5.63. The molecule has 2 aromatic heterocycles. The van der Waals surface area contributed by atoms with Crippen molar-refractivity contribution in [2.75, 3.05) is 0 Å². The van der Waals surface area contributed by atoms with Crippen LogP contribution < -0.4 is 4.74 Å². The Balaban J connectivity index is 2.08. The highest BCUT2D eigenvalue weighted by Gasteiger charge is 2.39. The normalized spacial score (nSPS) is 12.4. The summed E-state index contributed by atoms with van der Waals surface area (Å²) in [5, 5.41) is 2.19. The minimum Gasteiger partial charge on any atom is -0.416 e. The molecule has 3 rings (SSSR count). The van der Waals surface area contributed by atoms with Crippen molar-refractivity contribution in [1.82, 2.24) is 14.8 Å². The number of aryl methyl sites for hydroxylation is 1. The van der Waals surface area contributed by atoms with Gasteiger partial charge in [-0.05, 0) is 19.1 Å². The molecule has 0 atom stereocenters. The van der Waals surface area contributed by atoms with Gasteiger partial charge in [-0.2, -0.15) is 31.4 Å². The molecule has 0 amide bonds. The minimum atomic E-state index is -4.92. The first-order chi connectivity index (χ1) is 14.2. The molecule has 0 aliphatic carbocycles. The first-order valence-corrected chi connectivity index (χ1v) is 8.60. The van der Waals surface area contributed by atoms with Crippen molar-refractivity contribution in [3.05, 3.63) is 57.7 Å². The molecule has 0 saturated carbocycles. The molecule has 0 bridgehead atoms. The molecule has 0 N–H and O–H groups in total. The second-order valence-corrected chi connectivity index (χ2v) is 6.66. The maximum Gasteiger partial charge on any atom is 0.436 e. The van der Waals surface area contributed by atoms with Crippen molar-refractivity contribution < 1.29 is 39.9 Å². The van der Waals surface area contributed by atoms with Crippen molar-refractivity contribution in [3.63, 3.8) is 0 Å². The van der Waals surface area contributed by atoms with Crippen molar-refractivity contribution in [2.24, 2.45) is 7.05 Å². The predicted molar refractivity (Wildman–Crippen MR) is 92.6 cm³/mol. The standard InChI is InChI=1S/C18H10ClF8N3O/c1-7-11(20)13(8-3-5-9(6-4-8)17(22,23)24)28-15(12(7)21)31-16-10(19)14(18(25,26)27)29-30(16)2/h3-6H,1-2H3. The molecule has 166 valence electrons. The van der Waals surface area contributed by atoms with E-state index in [0.29, 0.717) is 16.8 Å². The van der Waals surface area contributed by atoms with E-state index in [0.717, 1.165) is 26.1 Å². The first kappa shape index (κ1) is 22.8. The predicted octanol–water partition coefficient (Wildman–Crippen LogP) is 6.55. The number of halogens is 9. The molecule has 0 saturated heterocycles. The van der Waals surface area contributed by atoms with Crippen LogP contribution in [0.3, 0.4) is 0 Å². The summed E-state index contributed by atoms with van der Waals surface area (Å²) in [6, 6.07) is 3.16. The number of ether oxygens (including phenoxy) is 1. The third-order valence-corrected chi connectivity index (χ3v) is 4.50. The largest absolute Gasteiger partial charge is 0.436 e. The van der Waals surface area contributed by atoms with Crippen molar-refractivity contribution in [3.8, 4) is 23.0 Å². The number of hydrogen-bond acceptors (Lipinski definition) is 3. The molecule has 0 radical (unpaired) electrons. The fraction of sp³-hybridized carbons (Fsp3) is 0.222. The number of benzene rings is 1. The summed E-state index contributed by atoms with van der Waals surface area (Å²) in [5.74, 6) is -4.17. The summed E-state index contributed by atoms with van der Waals surface area (Å²) >= 11 is 5.65. The fourth-order valence-corrected chi connectivity index (χ4v) is 2.88. The molecule has 3 aromatic rings. The number of pyridine rings is 1. The van der Waals surface area contributed by atoms with Gasteiger partial charge < -0.3 is 4.74 Å². The van der Waals surface area contributed by atoms with Gasteiger partial charge in [0.25, 0.3) is 5.88 Å². The Morgan fingerprint density at radius 2 is 1.52 bits per heavy atom. The summed E-state index contributed by atoms with van der Waals surface area (Å²) in [7, 11) is 1.04. The van der Waals surface area contributed by atoms with Crippen LogP contribution >= 0.6 is 11.6 Å². The van der Waals surface area contributed by atoms with Crippen molar-refractivity contribution in [2.45, 2.75) is 19.3 Å². The van der Waals surface area contributed by atoms with Crippen LogP contribution in [0, 0.1) is 18.6 Å². The smallest absolute Gasteiger partial charge is 0.416 e. The van der Waals surface area contributed by atoms with Crippen LogP contribution in [0.2, 0.25) is 5.02 Å². The van der Waals surface area contributed by atoms with Gasteiger partial charge >= 0.3 is 12.4 Å². The van der Waals surface area contributed by atoms with E-state index in [9.17, 15) is 35.1 Å². The molecular formula is C18H10ClF8N3O. The Morgan fingerprint density at radius 1 is 0.935 bits per heavy atom. The zero-order valence-electron chi connectivity index (χ0n) is 15.5. The van der Waals surface area contributed by atoms with Gasteiger partial charge in [-0.15, -0.1) is 0 Å². The van der Waals surface area contributed by atoms with E-state index in [1.165, 1.54) is 0 Å². The molecule has 0 unspecified atom stereocenters. The van der Waals surface area contributed by atoms with Gasteiger partial charge in [0.1, 0.15) is 10.7 Å². The van der Waals surface area contributed by atoms with Gasteiger partial charge in [-0.1, -0.05) is 23.7 Å². The van der Waals surface area contributed by atoms with Gasteiger partial charge in [-0.3, -0.25) is 0 Å². The maximum atomic E-state index is 14.5. The molecule has 0 aliphatic heterocycles. The van der Waals surface area contributed by atoms with Crippen LogP contribution in [0.1, 0.15) is 16.8 Å². The molecule has 2 heterocycles. The van der Waals surface area contributed by atoms with E-state index in [1.807, 2.05) is 0 Å². The van der Waals surface area contributed by atoms with Gasteiger partial charge in [0.05, 0.1) is 5.56 Å². The average molecular weight is 472 g/mol. The van der Waals surface area contributed by atoms with Crippen LogP contribution in [0.4, 0.5) is 35.1 Å². The topological polar surface area (TPSA) is 39.9 Å². The third-order valence-electron chi connectivity index (χ3n) is 4.15. The van der Waals surface area contributed by atoms with E-state index >= 15 is 0 Å². The second-order valence-electron chi connectivity index (χ2n) is 6.28. The highest BCUT2D eigenvalue weighted by molar-refractivity contribution is 6.32. The lowest BCUT2D eigenvalue weighted by molar-refractivity contribution is -0.141. The highest BCUT2D eigenvalue weighted by atomic mass is 35.5. The number of hydrogen-bond donors (Lipinski definition) is 0. The summed E-state index contributed by atoms with van der Waals surface area (Å²) in [4.78, 5) is 3.61. The molecule has 31 heavy (non-hydrogen) atoms. The lowest BCUT2D eigenvalue weighted by Gasteiger charge is -2.13. The van der Waals surface area contributed by atoms with E-state index < -0.39 is 63.3 Å². The van der Waals surface area contributed by atoms with Crippen LogP contribution in [0.15, 0.2) is 24.3 Å². The zero-order valence-corrected chi connectivity index (χ0v) is 16.2. The minimum absolute atomic E-state index is 0.148. The molecule has 1 aromatic carbocycles. The Bertz CT molecular complexity index is 1140. The van der Waals surface area contributed by atoms with Crippen LogP contribution in [0.5, 0.6) is 11.8 Å². The van der Waals surface area contributed by atoms with E-state index in [1.54, 1.807) is 0 Å². The van der Waals surface area contributed by atoms with Gasteiger partial charge in [0, 0.05) is 18.2 Å². The number of aromatic nitrogens is 3. The SMILES string of the molecule is Cc1c(F)c(Oc2c(Cl)c(C(F)(F)F)nn2C)nc(-c2ccc(C(F)(F)F)cc2)c1F. The highest BCUT2D eigenvalue weighted by Crippen LogP contribution is 2.41. The van der Waals surface area contributed by atoms with Gasteiger partial charge in [0.2, 0.25) is 5.88 Å². The number of nitrogens with zero attached hydrogens (tertiary/aromatic N) is 3.